The van der Waals surface area contributed by atoms with Gasteiger partial charge in [-0.1, -0.05) is 18.5 Å². The van der Waals surface area contributed by atoms with E-state index in [0.717, 1.165) is 6.54 Å². The van der Waals surface area contributed by atoms with E-state index < -0.39 is 5.91 Å². The van der Waals surface area contributed by atoms with E-state index in [2.05, 4.69) is 10.6 Å². The molecule has 102 valence electrons. The molecule has 6 heteroatoms. The molecule has 2 atom stereocenters. The highest BCUT2D eigenvalue weighted by molar-refractivity contribution is 6.34. The fourth-order valence-electron chi connectivity index (χ4n) is 2.19. The van der Waals surface area contributed by atoms with Crippen molar-refractivity contribution in [1.29, 1.82) is 0 Å². The van der Waals surface area contributed by atoms with E-state index in [1.807, 2.05) is 6.92 Å². The number of amides is 2. The summed E-state index contributed by atoms with van der Waals surface area (Å²) in [5.41, 5.74) is 5.98. The first-order valence-corrected chi connectivity index (χ1v) is 6.47. The fourth-order valence-corrected chi connectivity index (χ4v) is 2.46. The van der Waals surface area contributed by atoms with Gasteiger partial charge in [0.2, 0.25) is 11.8 Å². The van der Waals surface area contributed by atoms with E-state index in [0.29, 0.717) is 18.2 Å². The normalized spacial score (nSPS) is 22.2. The number of nitrogens with one attached hydrogen (secondary N) is 2. The third-order valence-electron chi connectivity index (χ3n) is 3.36. The summed E-state index contributed by atoms with van der Waals surface area (Å²) in [6.45, 7) is 3.56. The van der Waals surface area contributed by atoms with Crippen LogP contribution >= 0.6 is 11.6 Å². The third kappa shape index (κ3) is 3.05. The lowest BCUT2D eigenvalue weighted by Gasteiger charge is -2.14. The van der Waals surface area contributed by atoms with Crippen LogP contribution in [0.15, 0.2) is 18.2 Å². The van der Waals surface area contributed by atoms with Crippen LogP contribution in [-0.2, 0) is 4.79 Å². The first kappa shape index (κ1) is 13.8. The Morgan fingerprint density at radius 2 is 2.16 bits per heavy atom. The lowest BCUT2D eigenvalue weighted by atomic mass is 9.97. The van der Waals surface area contributed by atoms with Crippen molar-refractivity contribution in [3.8, 4) is 0 Å². The first-order valence-electron chi connectivity index (χ1n) is 6.10. The summed E-state index contributed by atoms with van der Waals surface area (Å²) in [5.74, 6) is -0.369. The maximum atomic E-state index is 12.1. The maximum Gasteiger partial charge on any atom is 0.250 e. The second-order valence-corrected chi connectivity index (χ2v) is 5.20. The minimum absolute atomic E-state index is 0.0413. The van der Waals surface area contributed by atoms with Crippen molar-refractivity contribution in [1.82, 2.24) is 5.32 Å². The van der Waals surface area contributed by atoms with Gasteiger partial charge in [0.25, 0.3) is 0 Å². The highest BCUT2D eigenvalue weighted by atomic mass is 35.5. The van der Waals surface area contributed by atoms with Crippen molar-refractivity contribution in [2.24, 2.45) is 17.6 Å². The maximum absolute atomic E-state index is 12.1. The Morgan fingerprint density at radius 1 is 1.42 bits per heavy atom. The molecule has 1 fully saturated rings. The summed E-state index contributed by atoms with van der Waals surface area (Å²) in [6.07, 6.45) is 0. The van der Waals surface area contributed by atoms with Gasteiger partial charge < -0.3 is 16.4 Å². The molecule has 0 radical (unpaired) electrons. The Hall–Kier alpha value is -1.59. The van der Waals surface area contributed by atoms with Crippen LogP contribution in [0.3, 0.4) is 0 Å². The number of benzene rings is 1. The lowest BCUT2D eigenvalue weighted by Crippen LogP contribution is -2.27. The Balaban J connectivity index is 2.09. The molecular formula is C13H16ClN3O2. The van der Waals surface area contributed by atoms with Crippen LogP contribution < -0.4 is 16.4 Å². The minimum atomic E-state index is -0.587. The molecule has 0 aliphatic carbocycles. The van der Waals surface area contributed by atoms with Gasteiger partial charge in [-0.2, -0.15) is 0 Å². The molecule has 1 aromatic carbocycles. The Kier molecular flexibility index (Phi) is 4.07. The molecule has 1 aliphatic rings. The zero-order chi connectivity index (χ0) is 14.0. The van der Waals surface area contributed by atoms with Crippen molar-refractivity contribution >= 4 is 29.1 Å². The topological polar surface area (TPSA) is 84.2 Å². The molecule has 4 N–H and O–H groups in total. The van der Waals surface area contributed by atoms with E-state index >= 15 is 0 Å². The van der Waals surface area contributed by atoms with Crippen LogP contribution in [0.4, 0.5) is 5.69 Å². The molecule has 0 unspecified atom stereocenters. The van der Waals surface area contributed by atoms with E-state index in [1.54, 1.807) is 6.07 Å². The largest absolute Gasteiger partial charge is 0.366 e. The molecule has 0 bridgehead atoms. The highest BCUT2D eigenvalue weighted by Gasteiger charge is 2.29. The second kappa shape index (κ2) is 5.59. The van der Waals surface area contributed by atoms with Crippen molar-refractivity contribution in [2.45, 2.75) is 6.92 Å². The quantitative estimate of drug-likeness (QED) is 0.779. The number of rotatable bonds is 3. The zero-order valence-electron chi connectivity index (χ0n) is 10.6. The molecule has 0 aromatic heterocycles. The Bertz CT molecular complexity index is 519. The van der Waals surface area contributed by atoms with Crippen LogP contribution in [0.5, 0.6) is 0 Å². The van der Waals surface area contributed by atoms with Gasteiger partial charge >= 0.3 is 0 Å². The predicted octanol–water partition coefficient (Wildman–Crippen LogP) is 1.23. The number of anilines is 1. The number of halogens is 1. The molecular weight excluding hydrogens is 266 g/mol. The summed E-state index contributed by atoms with van der Waals surface area (Å²) in [7, 11) is 0. The zero-order valence-corrected chi connectivity index (χ0v) is 11.3. The molecule has 2 amide bonds. The van der Waals surface area contributed by atoms with Gasteiger partial charge in [0.1, 0.15) is 0 Å². The first-order chi connectivity index (χ1) is 8.99. The summed E-state index contributed by atoms with van der Waals surface area (Å²) in [4.78, 5) is 23.1. The van der Waals surface area contributed by atoms with Gasteiger partial charge in [-0.05, 0) is 30.7 Å². The highest BCUT2D eigenvalue weighted by Crippen LogP contribution is 2.23. The van der Waals surface area contributed by atoms with Gasteiger partial charge in [-0.15, -0.1) is 0 Å². The average Bonchev–Trinajstić information content (AvgIpc) is 2.75. The van der Waals surface area contributed by atoms with Gasteiger partial charge in [0.05, 0.1) is 16.5 Å². The minimum Gasteiger partial charge on any atom is -0.366 e. The molecule has 0 saturated carbocycles. The van der Waals surface area contributed by atoms with Gasteiger partial charge in [-0.3, -0.25) is 9.59 Å². The average molecular weight is 282 g/mol. The van der Waals surface area contributed by atoms with Crippen molar-refractivity contribution in [3.63, 3.8) is 0 Å². The van der Waals surface area contributed by atoms with E-state index in [1.165, 1.54) is 12.1 Å². The number of hydrogen-bond acceptors (Lipinski definition) is 3. The molecule has 1 saturated heterocycles. The van der Waals surface area contributed by atoms with Crippen molar-refractivity contribution in [2.75, 3.05) is 18.4 Å². The van der Waals surface area contributed by atoms with Gasteiger partial charge in [-0.25, -0.2) is 0 Å². The van der Waals surface area contributed by atoms with Crippen LogP contribution in [0.2, 0.25) is 5.02 Å². The number of carbonyl (C=O) groups excluding carboxylic acids is 2. The fraction of sp³-hybridized carbons (Fsp3) is 0.385. The monoisotopic (exact) mass is 281 g/mol. The Morgan fingerprint density at radius 3 is 2.68 bits per heavy atom. The standard InChI is InChI=1S/C13H16ClN3O2/c1-7-5-16-6-10(7)13(19)17-8-2-3-9(12(15)18)11(14)4-8/h2-4,7,10,16H,5-6H2,1H3,(H2,15,18)(H,17,19)/t7-,10-/m1/s1. The van der Waals surface area contributed by atoms with Crippen molar-refractivity contribution in [3.05, 3.63) is 28.8 Å². The van der Waals surface area contributed by atoms with Crippen LogP contribution in [-0.4, -0.2) is 24.9 Å². The summed E-state index contributed by atoms with van der Waals surface area (Å²) in [5, 5.41) is 6.22. The molecule has 5 nitrogen and oxygen atoms in total. The molecule has 0 spiro atoms. The number of carbonyl (C=O) groups is 2. The molecule has 1 heterocycles. The number of hydrogen-bond donors (Lipinski definition) is 3. The van der Waals surface area contributed by atoms with Crippen LogP contribution in [0.1, 0.15) is 17.3 Å². The van der Waals surface area contributed by atoms with Crippen LogP contribution in [0, 0.1) is 11.8 Å². The van der Waals surface area contributed by atoms with Gasteiger partial charge in [0, 0.05) is 12.2 Å². The summed E-state index contributed by atoms with van der Waals surface area (Å²) < 4.78 is 0. The van der Waals surface area contributed by atoms with Gasteiger partial charge in [0.15, 0.2) is 0 Å². The van der Waals surface area contributed by atoms with E-state index in [4.69, 9.17) is 17.3 Å². The molecule has 1 aromatic rings. The van der Waals surface area contributed by atoms with Crippen molar-refractivity contribution < 1.29 is 9.59 Å². The van der Waals surface area contributed by atoms with E-state index in [-0.39, 0.29) is 22.4 Å². The summed E-state index contributed by atoms with van der Waals surface area (Å²) >= 11 is 5.93. The lowest BCUT2D eigenvalue weighted by molar-refractivity contribution is -0.120. The molecule has 1 aliphatic heterocycles. The van der Waals surface area contributed by atoms with Crippen LogP contribution in [0.25, 0.3) is 0 Å². The molecule has 19 heavy (non-hydrogen) atoms. The second-order valence-electron chi connectivity index (χ2n) is 4.79. The predicted molar refractivity (Wildman–Crippen MR) is 74.1 cm³/mol. The smallest absolute Gasteiger partial charge is 0.250 e. The Labute approximate surface area is 116 Å². The van der Waals surface area contributed by atoms with E-state index in [9.17, 15) is 9.59 Å². The molecule has 2 rings (SSSR count). The summed E-state index contributed by atoms with van der Waals surface area (Å²) in [6, 6.07) is 4.67. The number of nitrogens with two attached hydrogens (primary N) is 1. The third-order valence-corrected chi connectivity index (χ3v) is 3.67. The SMILES string of the molecule is C[C@@H]1CNC[C@H]1C(=O)Nc1ccc(C(N)=O)c(Cl)c1. The number of primary amides is 1.